The van der Waals surface area contributed by atoms with Crippen molar-refractivity contribution in [2.75, 3.05) is 13.7 Å². The van der Waals surface area contributed by atoms with E-state index >= 15 is 0 Å². The van der Waals surface area contributed by atoms with Gasteiger partial charge < -0.3 is 15.2 Å². The van der Waals surface area contributed by atoms with E-state index in [4.69, 9.17) is 16.3 Å². The molecule has 1 amide bonds. The number of aromatic carboxylic acids is 1. The predicted molar refractivity (Wildman–Crippen MR) is 84.3 cm³/mol. The molecule has 0 unspecified atom stereocenters. The van der Waals surface area contributed by atoms with Crippen LogP contribution < -0.4 is 10.1 Å². The fraction of sp³-hybridized carbons (Fsp3) is 0.267. The second-order valence-electron chi connectivity index (χ2n) is 4.85. The van der Waals surface area contributed by atoms with Gasteiger partial charge in [0.05, 0.1) is 24.9 Å². The van der Waals surface area contributed by atoms with Gasteiger partial charge in [-0.05, 0) is 24.6 Å². The number of methoxy groups -OCH3 is 1. The molecule has 122 valence electrons. The van der Waals surface area contributed by atoms with E-state index in [1.165, 1.54) is 25.4 Å². The Balaban J connectivity index is 2.09. The van der Waals surface area contributed by atoms with Crippen molar-refractivity contribution in [2.45, 2.75) is 13.5 Å². The van der Waals surface area contributed by atoms with Gasteiger partial charge in [0.15, 0.2) is 0 Å². The standard InChI is InChI=1S/C15H16ClN3O4/c1-9-5-13(23-2)12(15(21)22)6-11(9)14(20)17-3-4-19-8-10(16)7-18-19/h5-8H,3-4H2,1-2H3,(H,17,20)(H,21,22). The number of carbonyl (C=O) groups is 2. The largest absolute Gasteiger partial charge is 0.496 e. The Morgan fingerprint density at radius 3 is 2.70 bits per heavy atom. The van der Waals surface area contributed by atoms with Crippen molar-refractivity contribution in [1.29, 1.82) is 0 Å². The van der Waals surface area contributed by atoms with E-state index < -0.39 is 5.97 Å². The van der Waals surface area contributed by atoms with Crippen LogP contribution in [0.2, 0.25) is 5.02 Å². The molecule has 0 spiro atoms. The van der Waals surface area contributed by atoms with Gasteiger partial charge in [0, 0.05) is 18.3 Å². The Labute approximate surface area is 137 Å². The quantitative estimate of drug-likeness (QED) is 0.840. The summed E-state index contributed by atoms with van der Waals surface area (Å²) in [4.78, 5) is 23.5. The van der Waals surface area contributed by atoms with Gasteiger partial charge in [0.1, 0.15) is 11.3 Å². The van der Waals surface area contributed by atoms with E-state index in [0.717, 1.165) is 0 Å². The summed E-state index contributed by atoms with van der Waals surface area (Å²) < 4.78 is 6.63. The zero-order valence-electron chi connectivity index (χ0n) is 12.7. The van der Waals surface area contributed by atoms with Gasteiger partial charge in [-0.2, -0.15) is 5.10 Å². The SMILES string of the molecule is COc1cc(C)c(C(=O)NCCn2cc(Cl)cn2)cc1C(=O)O. The van der Waals surface area contributed by atoms with Crippen molar-refractivity contribution < 1.29 is 19.4 Å². The third kappa shape index (κ3) is 4.01. The number of rotatable bonds is 6. The van der Waals surface area contributed by atoms with Gasteiger partial charge in [-0.15, -0.1) is 0 Å². The molecule has 1 heterocycles. The number of carboxylic acid groups (broad SMARTS) is 1. The average molecular weight is 338 g/mol. The highest BCUT2D eigenvalue weighted by atomic mass is 35.5. The molecule has 2 aromatic rings. The number of nitrogens with zero attached hydrogens (tertiary/aromatic N) is 2. The lowest BCUT2D eigenvalue weighted by molar-refractivity contribution is 0.0693. The number of hydrogen-bond acceptors (Lipinski definition) is 4. The number of carbonyl (C=O) groups excluding carboxylic acids is 1. The molecule has 0 radical (unpaired) electrons. The summed E-state index contributed by atoms with van der Waals surface area (Å²) in [5, 5.41) is 16.4. The van der Waals surface area contributed by atoms with Gasteiger partial charge in [-0.25, -0.2) is 4.79 Å². The number of aryl methyl sites for hydroxylation is 1. The van der Waals surface area contributed by atoms with Crippen LogP contribution in [0.25, 0.3) is 0 Å². The van der Waals surface area contributed by atoms with Crippen LogP contribution in [0.5, 0.6) is 5.75 Å². The van der Waals surface area contributed by atoms with Gasteiger partial charge in [-0.1, -0.05) is 11.6 Å². The van der Waals surface area contributed by atoms with E-state index in [9.17, 15) is 14.7 Å². The normalized spacial score (nSPS) is 10.4. The lowest BCUT2D eigenvalue weighted by Crippen LogP contribution is -2.28. The minimum absolute atomic E-state index is 0.0536. The number of carboxylic acids is 1. The summed E-state index contributed by atoms with van der Waals surface area (Å²) in [6, 6.07) is 2.85. The Bertz CT molecular complexity index is 742. The van der Waals surface area contributed by atoms with Gasteiger partial charge in [0.25, 0.3) is 5.91 Å². The Hall–Kier alpha value is -2.54. The van der Waals surface area contributed by atoms with Crippen LogP contribution >= 0.6 is 11.6 Å². The molecule has 0 aliphatic heterocycles. The molecule has 0 atom stereocenters. The monoisotopic (exact) mass is 337 g/mol. The lowest BCUT2D eigenvalue weighted by atomic mass is 10.0. The van der Waals surface area contributed by atoms with Crippen LogP contribution in [0.1, 0.15) is 26.3 Å². The fourth-order valence-electron chi connectivity index (χ4n) is 2.10. The van der Waals surface area contributed by atoms with Crippen LogP contribution in [0.15, 0.2) is 24.5 Å². The number of nitrogens with one attached hydrogen (secondary N) is 1. The Morgan fingerprint density at radius 1 is 1.39 bits per heavy atom. The third-order valence-electron chi connectivity index (χ3n) is 3.25. The molecule has 0 saturated carbocycles. The van der Waals surface area contributed by atoms with Crippen LogP contribution in [-0.4, -0.2) is 40.4 Å². The van der Waals surface area contributed by atoms with Crippen LogP contribution in [0.3, 0.4) is 0 Å². The van der Waals surface area contributed by atoms with E-state index in [1.54, 1.807) is 17.8 Å². The van der Waals surface area contributed by atoms with Crippen molar-refractivity contribution in [3.05, 3.63) is 46.2 Å². The molecule has 2 N–H and O–H groups in total. The number of halogens is 1. The first-order valence-corrected chi connectivity index (χ1v) is 7.18. The highest BCUT2D eigenvalue weighted by Gasteiger charge is 2.17. The number of amides is 1. The molecule has 2 rings (SSSR count). The molecular weight excluding hydrogens is 322 g/mol. The molecule has 1 aromatic carbocycles. The zero-order valence-corrected chi connectivity index (χ0v) is 13.4. The third-order valence-corrected chi connectivity index (χ3v) is 3.44. The van der Waals surface area contributed by atoms with Crippen molar-refractivity contribution in [3.63, 3.8) is 0 Å². The number of benzene rings is 1. The van der Waals surface area contributed by atoms with Crippen LogP contribution in [-0.2, 0) is 6.54 Å². The predicted octanol–water partition coefficient (Wildman–Crippen LogP) is 1.98. The molecule has 0 aliphatic carbocycles. The first-order chi connectivity index (χ1) is 10.9. The van der Waals surface area contributed by atoms with E-state index in [0.29, 0.717) is 29.2 Å². The average Bonchev–Trinajstić information content (AvgIpc) is 2.91. The van der Waals surface area contributed by atoms with Crippen LogP contribution in [0, 0.1) is 6.92 Å². The maximum absolute atomic E-state index is 12.2. The number of aromatic nitrogens is 2. The molecule has 0 fully saturated rings. The number of hydrogen-bond donors (Lipinski definition) is 2. The Kier molecular flexibility index (Phi) is 5.23. The minimum atomic E-state index is -1.15. The van der Waals surface area contributed by atoms with Crippen molar-refractivity contribution >= 4 is 23.5 Å². The maximum atomic E-state index is 12.2. The summed E-state index contributed by atoms with van der Waals surface area (Å²) in [6.07, 6.45) is 3.16. The summed E-state index contributed by atoms with van der Waals surface area (Å²) in [5.41, 5.74) is 0.871. The first-order valence-electron chi connectivity index (χ1n) is 6.80. The summed E-state index contributed by atoms with van der Waals surface area (Å²) >= 11 is 5.76. The van der Waals surface area contributed by atoms with E-state index in [-0.39, 0.29) is 17.2 Å². The topological polar surface area (TPSA) is 93.5 Å². The summed E-state index contributed by atoms with van der Waals surface area (Å²) in [5.74, 6) is -1.29. The lowest BCUT2D eigenvalue weighted by Gasteiger charge is -2.12. The molecule has 23 heavy (non-hydrogen) atoms. The molecule has 0 aliphatic rings. The van der Waals surface area contributed by atoms with Crippen molar-refractivity contribution in [3.8, 4) is 5.75 Å². The Morgan fingerprint density at radius 2 is 2.13 bits per heavy atom. The molecule has 0 bridgehead atoms. The van der Waals surface area contributed by atoms with Crippen molar-refractivity contribution in [2.24, 2.45) is 0 Å². The molecular formula is C15H16ClN3O4. The van der Waals surface area contributed by atoms with Gasteiger partial charge in [0.2, 0.25) is 0 Å². The van der Waals surface area contributed by atoms with Crippen LogP contribution in [0.4, 0.5) is 0 Å². The smallest absolute Gasteiger partial charge is 0.339 e. The highest BCUT2D eigenvalue weighted by Crippen LogP contribution is 2.23. The first kappa shape index (κ1) is 16.8. The van der Waals surface area contributed by atoms with Crippen molar-refractivity contribution in [1.82, 2.24) is 15.1 Å². The zero-order chi connectivity index (χ0) is 17.0. The molecule has 1 aromatic heterocycles. The molecule has 8 heteroatoms. The molecule has 7 nitrogen and oxygen atoms in total. The highest BCUT2D eigenvalue weighted by molar-refractivity contribution is 6.30. The van der Waals surface area contributed by atoms with E-state index in [1.807, 2.05) is 0 Å². The summed E-state index contributed by atoms with van der Waals surface area (Å²) in [6.45, 7) is 2.51. The second kappa shape index (κ2) is 7.15. The van der Waals surface area contributed by atoms with Gasteiger partial charge >= 0.3 is 5.97 Å². The van der Waals surface area contributed by atoms with Gasteiger partial charge in [-0.3, -0.25) is 9.48 Å². The van der Waals surface area contributed by atoms with E-state index in [2.05, 4.69) is 10.4 Å². The maximum Gasteiger partial charge on any atom is 0.339 e. The second-order valence-corrected chi connectivity index (χ2v) is 5.29. The minimum Gasteiger partial charge on any atom is -0.496 e. The fourth-order valence-corrected chi connectivity index (χ4v) is 2.26. The summed E-state index contributed by atoms with van der Waals surface area (Å²) in [7, 11) is 1.39. The molecule has 0 saturated heterocycles. The number of ether oxygens (including phenoxy) is 1.